The number of carbonyl (C=O) groups is 1. The van der Waals surface area contributed by atoms with Crippen molar-refractivity contribution in [1.29, 1.82) is 0 Å². The molecule has 0 atom stereocenters. The molecule has 0 radical (unpaired) electrons. The van der Waals surface area contributed by atoms with E-state index >= 15 is 0 Å². The molecule has 12 heavy (non-hydrogen) atoms. The van der Waals surface area contributed by atoms with Crippen LogP contribution in [0.2, 0.25) is 0 Å². The van der Waals surface area contributed by atoms with E-state index in [4.69, 9.17) is 0 Å². The lowest BCUT2D eigenvalue weighted by molar-refractivity contribution is -0.116. The summed E-state index contributed by atoms with van der Waals surface area (Å²) in [6, 6.07) is 3.94. The van der Waals surface area contributed by atoms with Gasteiger partial charge in [0.1, 0.15) is 5.78 Å². The molecule has 0 aliphatic rings. The Morgan fingerprint density at radius 1 is 1.50 bits per heavy atom. The molecule has 0 aliphatic heterocycles. The van der Waals surface area contributed by atoms with Crippen molar-refractivity contribution in [1.82, 2.24) is 4.98 Å². The first kappa shape index (κ1) is 8.91. The fourth-order valence-electron chi connectivity index (χ4n) is 1.06. The van der Waals surface area contributed by atoms with Crippen LogP contribution in [0.25, 0.3) is 0 Å². The smallest absolute Gasteiger partial charge is 0.134 e. The summed E-state index contributed by atoms with van der Waals surface area (Å²) >= 11 is 0. The number of nitrogens with zero attached hydrogens (tertiary/aromatic N) is 1. The Balaban J connectivity index is 2.71. The molecule has 0 spiro atoms. The molecule has 0 N–H and O–H groups in total. The molecular formula is C10H13NO. The maximum absolute atomic E-state index is 10.7. The van der Waals surface area contributed by atoms with E-state index in [1.165, 1.54) is 0 Å². The molecule has 0 amide bonds. The lowest BCUT2D eigenvalue weighted by atomic mass is 10.1. The summed E-state index contributed by atoms with van der Waals surface area (Å²) in [7, 11) is 0. The Morgan fingerprint density at radius 2 is 2.25 bits per heavy atom. The zero-order valence-corrected chi connectivity index (χ0v) is 7.50. The van der Waals surface area contributed by atoms with Gasteiger partial charge in [0.25, 0.3) is 0 Å². The Morgan fingerprint density at radius 3 is 2.67 bits per heavy atom. The lowest BCUT2D eigenvalue weighted by Gasteiger charge is -1.98. The summed E-state index contributed by atoms with van der Waals surface area (Å²) in [5, 5.41) is 0. The number of Topliss-reactive ketones (excluding diaryl/α,β-unsaturated/α-hetero) is 1. The molecule has 1 rings (SSSR count). The molecule has 1 aromatic rings. The fraction of sp³-hybridized carbons (Fsp3) is 0.400. The highest BCUT2D eigenvalue weighted by Crippen LogP contribution is 2.01. The van der Waals surface area contributed by atoms with E-state index < -0.39 is 0 Å². The monoisotopic (exact) mass is 163 g/mol. The molecule has 0 bridgehead atoms. The van der Waals surface area contributed by atoms with Gasteiger partial charge >= 0.3 is 0 Å². The van der Waals surface area contributed by atoms with E-state index in [0.717, 1.165) is 17.7 Å². The predicted octanol–water partition coefficient (Wildman–Crippen LogP) is 1.78. The van der Waals surface area contributed by atoms with E-state index in [0.29, 0.717) is 6.42 Å². The molecule has 1 aromatic heterocycles. The van der Waals surface area contributed by atoms with Crippen molar-refractivity contribution in [2.45, 2.75) is 26.7 Å². The number of aryl methyl sites for hydroxylation is 1. The van der Waals surface area contributed by atoms with Crippen molar-refractivity contribution in [2.75, 3.05) is 0 Å². The van der Waals surface area contributed by atoms with Crippen LogP contribution >= 0.6 is 0 Å². The predicted molar refractivity (Wildman–Crippen MR) is 48.0 cm³/mol. The quantitative estimate of drug-likeness (QED) is 0.679. The van der Waals surface area contributed by atoms with Gasteiger partial charge in [-0.15, -0.1) is 0 Å². The van der Waals surface area contributed by atoms with Crippen molar-refractivity contribution in [2.24, 2.45) is 0 Å². The Hall–Kier alpha value is -1.18. The number of carbonyl (C=O) groups excluding carboxylic acids is 1. The molecule has 64 valence electrons. The van der Waals surface area contributed by atoms with E-state index in [2.05, 4.69) is 11.9 Å². The second kappa shape index (κ2) is 4.00. The molecule has 1 heterocycles. The van der Waals surface area contributed by atoms with Crippen LogP contribution < -0.4 is 0 Å². The van der Waals surface area contributed by atoms with Crippen molar-refractivity contribution in [3.63, 3.8) is 0 Å². The molecule has 2 heteroatoms. The largest absolute Gasteiger partial charge is 0.300 e. The topological polar surface area (TPSA) is 30.0 Å². The minimum Gasteiger partial charge on any atom is -0.300 e. The van der Waals surface area contributed by atoms with Crippen molar-refractivity contribution >= 4 is 5.78 Å². The van der Waals surface area contributed by atoms with E-state index in [1.807, 2.05) is 12.1 Å². The van der Waals surface area contributed by atoms with Gasteiger partial charge in [-0.2, -0.15) is 0 Å². The van der Waals surface area contributed by atoms with Crippen molar-refractivity contribution in [3.05, 3.63) is 29.6 Å². The van der Waals surface area contributed by atoms with Crippen LogP contribution in [0.1, 0.15) is 25.1 Å². The highest BCUT2D eigenvalue weighted by molar-refractivity contribution is 5.78. The maximum Gasteiger partial charge on any atom is 0.134 e. The number of rotatable bonds is 3. The maximum atomic E-state index is 10.7. The van der Waals surface area contributed by atoms with E-state index in [1.54, 1.807) is 13.1 Å². The standard InChI is InChI=1S/C10H13NO/c1-3-10-5-4-9(7-11-10)6-8(2)12/h4-5,7H,3,6H2,1-2H3. The number of hydrogen-bond acceptors (Lipinski definition) is 2. The van der Waals surface area contributed by atoms with E-state index in [-0.39, 0.29) is 5.78 Å². The van der Waals surface area contributed by atoms with E-state index in [9.17, 15) is 4.79 Å². The van der Waals surface area contributed by atoms with Gasteiger partial charge < -0.3 is 0 Å². The Bertz CT molecular complexity index is 264. The van der Waals surface area contributed by atoms with Crippen molar-refractivity contribution < 1.29 is 4.79 Å². The molecular weight excluding hydrogens is 150 g/mol. The molecule has 0 fully saturated rings. The zero-order chi connectivity index (χ0) is 8.97. The molecule has 0 aliphatic carbocycles. The third-order valence-electron chi connectivity index (χ3n) is 1.70. The zero-order valence-electron chi connectivity index (χ0n) is 7.50. The Labute approximate surface area is 72.6 Å². The minimum absolute atomic E-state index is 0.182. The summed E-state index contributed by atoms with van der Waals surface area (Å²) in [4.78, 5) is 14.9. The average Bonchev–Trinajstić information content (AvgIpc) is 2.05. The average molecular weight is 163 g/mol. The highest BCUT2D eigenvalue weighted by atomic mass is 16.1. The highest BCUT2D eigenvalue weighted by Gasteiger charge is 1.97. The lowest BCUT2D eigenvalue weighted by Crippen LogP contribution is -1.97. The third kappa shape index (κ3) is 2.46. The number of hydrogen-bond donors (Lipinski definition) is 0. The SMILES string of the molecule is CCc1ccc(CC(C)=O)cn1. The first-order chi connectivity index (χ1) is 5.72. The second-order valence-corrected chi connectivity index (χ2v) is 2.89. The molecule has 0 unspecified atom stereocenters. The molecule has 0 aromatic carbocycles. The first-order valence-corrected chi connectivity index (χ1v) is 4.15. The number of ketones is 1. The van der Waals surface area contributed by atoms with Gasteiger partial charge in [-0.3, -0.25) is 9.78 Å². The van der Waals surface area contributed by atoms with Gasteiger partial charge in [-0.1, -0.05) is 13.0 Å². The summed E-state index contributed by atoms with van der Waals surface area (Å²) in [6.07, 6.45) is 3.22. The third-order valence-corrected chi connectivity index (χ3v) is 1.70. The van der Waals surface area contributed by atoms with Crippen LogP contribution in [-0.4, -0.2) is 10.8 Å². The minimum atomic E-state index is 0.182. The van der Waals surface area contributed by atoms with Crippen LogP contribution in [0.4, 0.5) is 0 Å². The second-order valence-electron chi connectivity index (χ2n) is 2.89. The number of pyridine rings is 1. The molecule has 2 nitrogen and oxygen atoms in total. The van der Waals surface area contributed by atoms with Gasteiger partial charge in [0, 0.05) is 18.3 Å². The summed E-state index contributed by atoms with van der Waals surface area (Å²) in [5.41, 5.74) is 2.07. The number of aromatic nitrogens is 1. The summed E-state index contributed by atoms with van der Waals surface area (Å²) in [5.74, 6) is 0.182. The van der Waals surface area contributed by atoms with Crippen LogP contribution in [0.5, 0.6) is 0 Å². The first-order valence-electron chi connectivity index (χ1n) is 4.15. The van der Waals surface area contributed by atoms with Crippen LogP contribution in [0.15, 0.2) is 18.3 Å². The van der Waals surface area contributed by atoms with Crippen molar-refractivity contribution in [3.8, 4) is 0 Å². The summed E-state index contributed by atoms with van der Waals surface area (Å²) < 4.78 is 0. The van der Waals surface area contributed by atoms with Gasteiger partial charge in [0.2, 0.25) is 0 Å². The van der Waals surface area contributed by atoms with Gasteiger partial charge in [0.15, 0.2) is 0 Å². The Kier molecular flexibility index (Phi) is 2.97. The fourth-order valence-corrected chi connectivity index (χ4v) is 1.06. The molecule has 0 saturated heterocycles. The summed E-state index contributed by atoms with van der Waals surface area (Å²) in [6.45, 7) is 3.65. The van der Waals surface area contributed by atoms with Crippen LogP contribution in [0, 0.1) is 0 Å². The molecule has 0 saturated carbocycles. The van der Waals surface area contributed by atoms with Crippen LogP contribution in [0.3, 0.4) is 0 Å². The van der Waals surface area contributed by atoms with Gasteiger partial charge in [0.05, 0.1) is 0 Å². The van der Waals surface area contributed by atoms with Gasteiger partial charge in [-0.05, 0) is 25.0 Å². The normalized spacial score (nSPS) is 9.83. The van der Waals surface area contributed by atoms with Crippen LogP contribution in [-0.2, 0) is 17.6 Å². The van der Waals surface area contributed by atoms with Gasteiger partial charge in [-0.25, -0.2) is 0 Å².